The van der Waals surface area contributed by atoms with Gasteiger partial charge in [0, 0.05) is 38.4 Å². The van der Waals surface area contributed by atoms with Crippen LogP contribution >= 0.6 is 0 Å². The van der Waals surface area contributed by atoms with Crippen molar-refractivity contribution in [3.63, 3.8) is 0 Å². The van der Waals surface area contributed by atoms with E-state index in [-0.39, 0.29) is 36.0 Å². The molecule has 0 saturated carbocycles. The number of hydrogen-bond acceptors (Lipinski definition) is 7. The van der Waals surface area contributed by atoms with E-state index in [1.807, 2.05) is 56.1 Å². The highest BCUT2D eigenvalue weighted by molar-refractivity contribution is 5.79. The molecule has 0 aliphatic carbocycles. The van der Waals surface area contributed by atoms with Crippen molar-refractivity contribution in [3.05, 3.63) is 82.5 Å². The van der Waals surface area contributed by atoms with Gasteiger partial charge in [-0.1, -0.05) is 38.1 Å². The summed E-state index contributed by atoms with van der Waals surface area (Å²) in [7, 11) is 1.93. The second-order valence-electron chi connectivity index (χ2n) is 10.4. The Morgan fingerprint density at radius 1 is 1.10 bits per heavy atom. The van der Waals surface area contributed by atoms with E-state index in [1.54, 1.807) is 0 Å². The maximum atomic E-state index is 13.5. The third-order valence-corrected chi connectivity index (χ3v) is 7.76. The number of aromatic nitrogens is 4. The lowest BCUT2D eigenvalue weighted by molar-refractivity contribution is -0.152. The van der Waals surface area contributed by atoms with Crippen LogP contribution in [0.3, 0.4) is 0 Å². The Morgan fingerprint density at radius 2 is 1.82 bits per heavy atom. The number of hydrogen-bond donors (Lipinski definition) is 0. The average molecular weight is 547 g/mol. The summed E-state index contributed by atoms with van der Waals surface area (Å²) in [6.07, 6.45) is 3.82. The van der Waals surface area contributed by atoms with Crippen LogP contribution < -0.4 is 15.4 Å². The Balaban J connectivity index is 1.32. The molecule has 1 atom stereocenters. The third kappa shape index (κ3) is 5.71. The highest BCUT2D eigenvalue weighted by Gasteiger charge is 2.28. The molecule has 1 unspecified atom stereocenters. The molecule has 2 aromatic carbocycles. The lowest BCUT2D eigenvalue weighted by Gasteiger charge is -2.38. The number of para-hydroxylation sites is 2. The second-order valence-corrected chi connectivity index (χ2v) is 10.4. The topological polar surface area (TPSA) is 85.5 Å². The zero-order valence-corrected chi connectivity index (χ0v) is 23.2. The normalized spacial score (nSPS) is 14.8. The minimum atomic E-state index is -0.330. The van der Waals surface area contributed by atoms with Gasteiger partial charge in [-0.05, 0) is 49.1 Å². The minimum absolute atomic E-state index is 0.136. The van der Waals surface area contributed by atoms with Crippen LogP contribution in [0.2, 0.25) is 0 Å². The molecule has 4 aromatic rings. The van der Waals surface area contributed by atoms with Crippen LogP contribution in [0.15, 0.2) is 65.6 Å². The Morgan fingerprint density at radius 3 is 2.55 bits per heavy atom. The van der Waals surface area contributed by atoms with E-state index in [0.29, 0.717) is 18.9 Å². The van der Waals surface area contributed by atoms with Gasteiger partial charge in [0.15, 0.2) is 6.73 Å². The molecule has 0 amide bonds. The van der Waals surface area contributed by atoms with Gasteiger partial charge in [-0.15, -0.1) is 0 Å². The summed E-state index contributed by atoms with van der Waals surface area (Å²) in [5.74, 6) is 0.552. The molecule has 40 heavy (non-hydrogen) atoms. The summed E-state index contributed by atoms with van der Waals surface area (Å²) in [6, 6.07) is 16.1. The number of halogens is 1. The number of fused-ring (bicyclic) bond motifs is 1. The standard InChI is InChI=1S/C30H35FN6O3/c1-4-21(2)28(39)40-20-37-27(38)13-16-32-29(37)34(3)24-14-17-35(18-15-24)30-33-25-7-5-6-8-26(25)36(30)19-22-9-11-23(31)12-10-22/h5-13,16,21,24H,4,14-15,17-20H2,1-3H3. The fourth-order valence-corrected chi connectivity index (χ4v) is 5.11. The first-order chi connectivity index (χ1) is 19.4. The van der Waals surface area contributed by atoms with Gasteiger partial charge in [0.2, 0.25) is 11.9 Å². The molecule has 9 nitrogen and oxygen atoms in total. The van der Waals surface area contributed by atoms with Crippen molar-refractivity contribution in [1.29, 1.82) is 0 Å². The summed E-state index contributed by atoms with van der Waals surface area (Å²) < 4.78 is 22.5. The predicted octanol–water partition coefficient (Wildman–Crippen LogP) is 4.43. The number of rotatable bonds is 9. The largest absolute Gasteiger partial charge is 0.443 e. The second kappa shape index (κ2) is 11.9. The number of carbonyl (C=O) groups excluding carboxylic acids is 1. The van der Waals surface area contributed by atoms with Gasteiger partial charge in [0.05, 0.1) is 23.5 Å². The van der Waals surface area contributed by atoms with E-state index in [0.717, 1.165) is 48.5 Å². The van der Waals surface area contributed by atoms with Gasteiger partial charge in [-0.25, -0.2) is 18.9 Å². The van der Waals surface area contributed by atoms with Crippen LogP contribution in [-0.4, -0.2) is 51.3 Å². The van der Waals surface area contributed by atoms with E-state index >= 15 is 0 Å². The monoisotopic (exact) mass is 546 g/mol. The van der Waals surface area contributed by atoms with Gasteiger partial charge >= 0.3 is 5.97 Å². The average Bonchev–Trinajstić information content (AvgIpc) is 3.34. The number of ether oxygens (including phenoxy) is 1. The van der Waals surface area contributed by atoms with Crippen molar-refractivity contribution in [1.82, 2.24) is 19.1 Å². The van der Waals surface area contributed by atoms with Gasteiger partial charge in [0.1, 0.15) is 5.82 Å². The molecule has 10 heteroatoms. The number of anilines is 2. The number of imidazole rings is 1. The molecule has 1 aliphatic rings. The summed E-state index contributed by atoms with van der Waals surface area (Å²) in [4.78, 5) is 38.6. The molecular formula is C30H35FN6O3. The van der Waals surface area contributed by atoms with E-state index in [9.17, 15) is 14.0 Å². The molecule has 0 N–H and O–H groups in total. The number of carbonyl (C=O) groups is 1. The van der Waals surface area contributed by atoms with Gasteiger partial charge < -0.3 is 19.1 Å². The van der Waals surface area contributed by atoms with E-state index in [1.165, 1.54) is 29.0 Å². The molecule has 0 bridgehead atoms. The summed E-state index contributed by atoms with van der Waals surface area (Å²) in [6.45, 7) is 5.69. The lowest BCUT2D eigenvalue weighted by Crippen LogP contribution is -2.46. The van der Waals surface area contributed by atoms with Crippen molar-refractivity contribution in [2.45, 2.75) is 52.4 Å². The Bertz CT molecular complexity index is 1520. The van der Waals surface area contributed by atoms with Crippen LogP contribution in [-0.2, 0) is 22.8 Å². The zero-order chi connectivity index (χ0) is 28.2. The van der Waals surface area contributed by atoms with Crippen LogP contribution in [0.1, 0.15) is 38.7 Å². The van der Waals surface area contributed by atoms with Gasteiger partial charge in [0.25, 0.3) is 5.56 Å². The number of benzene rings is 2. The number of esters is 1. The fraction of sp³-hybridized carbons (Fsp3) is 0.400. The van der Waals surface area contributed by atoms with Crippen molar-refractivity contribution in [2.24, 2.45) is 5.92 Å². The fourth-order valence-electron chi connectivity index (χ4n) is 5.11. The molecule has 2 aromatic heterocycles. The van der Waals surface area contributed by atoms with Crippen LogP contribution in [0.25, 0.3) is 11.0 Å². The van der Waals surface area contributed by atoms with Crippen LogP contribution in [0.5, 0.6) is 0 Å². The van der Waals surface area contributed by atoms with Crippen molar-refractivity contribution in [3.8, 4) is 0 Å². The molecule has 1 saturated heterocycles. The Hall–Kier alpha value is -4.21. The quantitative estimate of drug-likeness (QED) is 0.287. The third-order valence-electron chi connectivity index (χ3n) is 7.76. The lowest BCUT2D eigenvalue weighted by atomic mass is 10.0. The SMILES string of the molecule is CCC(C)C(=O)OCn1c(N(C)C2CCN(c3nc4ccccc4n3Cc3ccc(F)cc3)CC2)nccc1=O. The smallest absolute Gasteiger partial charge is 0.310 e. The van der Waals surface area contributed by atoms with Crippen molar-refractivity contribution >= 4 is 28.9 Å². The first-order valence-corrected chi connectivity index (χ1v) is 13.8. The highest BCUT2D eigenvalue weighted by atomic mass is 19.1. The van der Waals surface area contributed by atoms with E-state index in [4.69, 9.17) is 9.72 Å². The molecule has 3 heterocycles. The highest BCUT2D eigenvalue weighted by Crippen LogP contribution is 2.28. The maximum Gasteiger partial charge on any atom is 0.310 e. The Labute approximate surface area is 232 Å². The maximum absolute atomic E-state index is 13.5. The molecule has 0 radical (unpaired) electrons. The molecule has 5 rings (SSSR count). The number of nitrogens with zero attached hydrogens (tertiary/aromatic N) is 6. The molecular weight excluding hydrogens is 511 g/mol. The molecule has 1 fully saturated rings. The molecule has 0 spiro atoms. The Kier molecular flexibility index (Phi) is 8.14. The molecule has 1 aliphatic heterocycles. The van der Waals surface area contributed by atoms with E-state index in [2.05, 4.69) is 20.5 Å². The van der Waals surface area contributed by atoms with Crippen LogP contribution in [0.4, 0.5) is 16.3 Å². The summed E-state index contributed by atoms with van der Waals surface area (Å²) >= 11 is 0. The van der Waals surface area contributed by atoms with Gasteiger partial charge in [-0.2, -0.15) is 0 Å². The van der Waals surface area contributed by atoms with Crippen LogP contribution in [0, 0.1) is 11.7 Å². The molecule has 210 valence electrons. The summed E-state index contributed by atoms with van der Waals surface area (Å²) in [5, 5.41) is 0. The summed E-state index contributed by atoms with van der Waals surface area (Å²) in [5.41, 5.74) is 2.69. The first-order valence-electron chi connectivity index (χ1n) is 13.8. The zero-order valence-electron chi connectivity index (χ0n) is 23.2. The number of piperidine rings is 1. The first kappa shape index (κ1) is 27.4. The van der Waals surface area contributed by atoms with Crippen molar-refractivity contribution < 1.29 is 13.9 Å². The minimum Gasteiger partial charge on any atom is -0.443 e. The van der Waals surface area contributed by atoms with E-state index < -0.39 is 0 Å². The van der Waals surface area contributed by atoms with Gasteiger partial charge in [-0.3, -0.25) is 9.59 Å². The van der Waals surface area contributed by atoms with Crippen molar-refractivity contribution in [2.75, 3.05) is 29.9 Å². The predicted molar refractivity (Wildman–Crippen MR) is 153 cm³/mol.